The van der Waals surface area contributed by atoms with Crippen LogP contribution < -0.4 is 0 Å². The first-order valence-corrected chi connectivity index (χ1v) is 11.1. The smallest absolute Gasteiger partial charge is 0.316 e. The molecule has 0 aliphatic heterocycles. The maximum absolute atomic E-state index is 11.9. The Morgan fingerprint density at radius 1 is 0.960 bits per heavy atom. The normalized spacial score (nSPS) is 10.6. The highest BCUT2D eigenvalue weighted by Crippen LogP contribution is 2.13. The molecule has 1 aromatic carbocycles. The predicted molar refractivity (Wildman–Crippen MR) is 109 cm³/mol. The molecule has 0 N–H and O–H groups in total. The van der Waals surface area contributed by atoms with Gasteiger partial charge in [-0.1, -0.05) is 79.9 Å². The van der Waals surface area contributed by atoms with Crippen LogP contribution in [-0.4, -0.2) is 29.9 Å². The third kappa shape index (κ3) is 11.4. The van der Waals surface area contributed by atoms with Gasteiger partial charge in [-0.15, -0.1) is 0 Å². The zero-order chi connectivity index (χ0) is 18.3. The molecule has 0 aliphatic carbocycles. The number of carbonyl (C=O) groups excluding carboxylic acids is 2. The van der Waals surface area contributed by atoms with E-state index in [2.05, 4.69) is 22.9 Å². The summed E-state index contributed by atoms with van der Waals surface area (Å²) in [4.78, 5) is 23.6. The number of rotatable bonds is 14. The topological polar surface area (TPSA) is 43.4 Å². The molecule has 3 nitrogen and oxygen atoms in total. The Balaban J connectivity index is 1.98. The quantitative estimate of drug-likeness (QED) is 0.205. The lowest BCUT2D eigenvalue weighted by atomic mass is 10.1. The minimum Gasteiger partial charge on any atom is -0.457 e. The van der Waals surface area contributed by atoms with Crippen LogP contribution in [0.4, 0.5) is 0 Å². The van der Waals surface area contributed by atoms with Gasteiger partial charge in [0.25, 0.3) is 0 Å². The molecule has 0 radical (unpaired) electrons. The van der Waals surface area contributed by atoms with E-state index in [9.17, 15) is 9.59 Å². The first-order valence-electron chi connectivity index (χ1n) is 9.15. The van der Waals surface area contributed by atoms with Crippen molar-refractivity contribution < 1.29 is 14.3 Å². The summed E-state index contributed by atoms with van der Waals surface area (Å²) >= 11 is 4.91. The Morgan fingerprint density at radius 2 is 1.56 bits per heavy atom. The molecule has 0 aliphatic rings. The SMILES string of the molecule is CCCCCCCCCCSCC(=O)OCC(=O)c1ccc(Br)cc1. The van der Waals surface area contributed by atoms with Crippen LogP contribution >= 0.6 is 27.7 Å². The van der Waals surface area contributed by atoms with Crippen LogP contribution in [0.25, 0.3) is 0 Å². The molecule has 0 amide bonds. The summed E-state index contributed by atoms with van der Waals surface area (Å²) in [5.74, 6) is 0.818. The largest absolute Gasteiger partial charge is 0.457 e. The van der Waals surface area contributed by atoms with Crippen LogP contribution in [-0.2, 0) is 9.53 Å². The van der Waals surface area contributed by atoms with E-state index in [0.29, 0.717) is 11.3 Å². The maximum Gasteiger partial charge on any atom is 0.316 e. The van der Waals surface area contributed by atoms with Gasteiger partial charge in [0.15, 0.2) is 12.4 Å². The average Bonchev–Trinajstić information content (AvgIpc) is 2.62. The van der Waals surface area contributed by atoms with E-state index in [-0.39, 0.29) is 18.4 Å². The number of unbranched alkanes of at least 4 members (excludes halogenated alkanes) is 7. The third-order valence-corrected chi connectivity index (χ3v) is 5.44. The van der Waals surface area contributed by atoms with Crippen LogP contribution in [0, 0.1) is 0 Å². The Bertz CT molecular complexity index is 502. The number of hydrogen-bond donors (Lipinski definition) is 0. The van der Waals surface area contributed by atoms with Crippen molar-refractivity contribution in [1.29, 1.82) is 0 Å². The Labute approximate surface area is 164 Å². The van der Waals surface area contributed by atoms with Crippen molar-refractivity contribution in [2.75, 3.05) is 18.1 Å². The number of halogens is 1. The number of ketones is 1. The second-order valence-electron chi connectivity index (χ2n) is 6.12. The molecule has 0 unspecified atom stereocenters. The van der Waals surface area contributed by atoms with Crippen molar-refractivity contribution in [2.45, 2.75) is 58.3 Å². The third-order valence-electron chi connectivity index (χ3n) is 3.89. The minimum absolute atomic E-state index is 0.172. The van der Waals surface area contributed by atoms with Crippen LogP contribution in [0.1, 0.15) is 68.6 Å². The summed E-state index contributed by atoms with van der Waals surface area (Å²) in [5.41, 5.74) is 0.558. The van der Waals surface area contributed by atoms with E-state index in [1.807, 2.05) is 0 Å². The highest BCUT2D eigenvalue weighted by Gasteiger charge is 2.09. The standard InChI is InChI=1S/C20H29BrO3S/c1-2-3-4-5-6-7-8-9-14-25-16-20(23)24-15-19(22)17-10-12-18(21)13-11-17/h10-13H,2-9,14-16H2,1H3. The van der Waals surface area contributed by atoms with Gasteiger partial charge in [-0.25, -0.2) is 0 Å². The molecular weight excluding hydrogens is 400 g/mol. The van der Waals surface area contributed by atoms with Crippen LogP contribution in [0.15, 0.2) is 28.7 Å². The summed E-state index contributed by atoms with van der Waals surface area (Å²) in [7, 11) is 0. The van der Waals surface area contributed by atoms with Crippen molar-refractivity contribution in [3.8, 4) is 0 Å². The van der Waals surface area contributed by atoms with E-state index in [1.54, 1.807) is 36.0 Å². The fourth-order valence-electron chi connectivity index (χ4n) is 2.40. The number of hydrogen-bond acceptors (Lipinski definition) is 4. The highest BCUT2D eigenvalue weighted by molar-refractivity contribution is 9.10. The van der Waals surface area contributed by atoms with E-state index in [4.69, 9.17) is 4.74 Å². The molecule has 25 heavy (non-hydrogen) atoms. The lowest BCUT2D eigenvalue weighted by Gasteiger charge is -2.05. The van der Waals surface area contributed by atoms with Crippen molar-refractivity contribution >= 4 is 39.4 Å². The summed E-state index contributed by atoms with van der Waals surface area (Å²) in [6.07, 6.45) is 10.3. The number of carbonyl (C=O) groups is 2. The molecule has 0 fully saturated rings. The van der Waals surface area contributed by atoms with E-state index >= 15 is 0 Å². The zero-order valence-corrected chi connectivity index (χ0v) is 17.5. The van der Waals surface area contributed by atoms with E-state index in [1.165, 1.54) is 44.9 Å². The van der Waals surface area contributed by atoms with Gasteiger partial charge in [-0.05, 0) is 24.3 Å². The van der Waals surface area contributed by atoms with Gasteiger partial charge >= 0.3 is 5.97 Å². The summed E-state index contributed by atoms with van der Waals surface area (Å²) < 4.78 is 5.97. The molecule has 0 saturated carbocycles. The lowest BCUT2D eigenvalue weighted by molar-refractivity contribution is -0.139. The second kappa shape index (κ2) is 14.4. The number of esters is 1. The first kappa shape index (κ1) is 22.2. The fourth-order valence-corrected chi connectivity index (χ4v) is 3.47. The van der Waals surface area contributed by atoms with Crippen LogP contribution in [0.3, 0.4) is 0 Å². The molecule has 0 spiro atoms. The molecule has 1 rings (SSSR count). The van der Waals surface area contributed by atoms with Gasteiger partial charge in [0.1, 0.15) is 0 Å². The maximum atomic E-state index is 11.9. The van der Waals surface area contributed by atoms with Gasteiger partial charge < -0.3 is 4.74 Å². The number of thioether (sulfide) groups is 1. The summed E-state index contributed by atoms with van der Waals surface area (Å²) in [5, 5.41) is 0. The zero-order valence-electron chi connectivity index (χ0n) is 15.1. The molecule has 5 heteroatoms. The minimum atomic E-state index is -0.310. The number of Topliss-reactive ketones (excluding diaryl/α,β-unsaturated/α-hetero) is 1. The molecule has 0 atom stereocenters. The molecule has 0 heterocycles. The molecule has 0 aromatic heterocycles. The first-order chi connectivity index (χ1) is 12.1. The van der Waals surface area contributed by atoms with Gasteiger partial charge in [0.2, 0.25) is 0 Å². The molecule has 0 bridgehead atoms. The fraction of sp³-hybridized carbons (Fsp3) is 0.600. The van der Waals surface area contributed by atoms with Gasteiger partial charge in [0, 0.05) is 10.0 Å². The van der Waals surface area contributed by atoms with Gasteiger partial charge in [-0.2, -0.15) is 11.8 Å². The van der Waals surface area contributed by atoms with Gasteiger partial charge in [0.05, 0.1) is 5.75 Å². The van der Waals surface area contributed by atoms with Crippen molar-refractivity contribution in [3.63, 3.8) is 0 Å². The Kier molecular flexibility index (Phi) is 12.8. The Morgan fingerprint density at radius 3 is 2.20 bits per heavy atom. The van der Waals surface area contributed by atoms with Crippen LogP contribution in [0.2, 0.25) is 0 Å². The highest BCUT2D eigenvalue weighted by atomic mass is 79.9. The van der Waals surface area contributed by atoms with Crippen LogP contribution in [0.5, 0.6) is 0 Å². The average molecular weight is 429 g/mol. The molecule has 140 valence electrons. The number of benzene rings is 1. The second-order valence-corrected chi connectivity index (χ2v) is 8.14. The van der Waals surface area contributed by atoms with E-state index in [0.717, 1.165) is 16.6 Å². The van der Waals surface area contributed by atoms with Gasteiger partial charge in [-0.3, -0.25) is 9.59 Å². The molecular formula is C20H29BrO3S. The predicted octanol–water partition coefficient (Wildman–Crippen LogP) is 6.05. The Hall–Kier alpha value is -0.810. The summed E-state index contributed by atoms with van der Waals surface area (Å²) in [6.45, 7) is 2.05. The monoisotopic (exact) mass is 428 g/mol. The van der Waals surface area contributed by atoms with Crippen molar-refractivity contribution in [3.05, 3.63) is 34.3 Å². The molecule has 1 aromatic rings. The van der Waals surface area contributed by atoms with Crippen molar-refractivity contribution in [1.82, 2.24) is 0 Å². The molecule has 0 saturated heterocycles. The number of ether oxygens (including phenoxy) is 1. The lowest BCUT2D eigenvalue weighted by Crippen LogP contribution is -2.15. The van der Waals surface area contributed by atoms with Crippen molar-refractivity contribution in [2.24, 2.45) is 0 Å². The summed E-state index contributed by atoms with van der Waals surface area (Å²) in [6, 6.07) is 7.04. The van der Waals surface area contributed by atoms with E-state index < -0.39 is 0 Å².